The van der Waals surface area contributed by atoms with Crippen molar-refractivity contribution in [2.24, 2.45) is 0 Å². The maximum absolute atomic E-state index is 12.0. The number of carbonyl (C=O) groups excluding carboxylic acids is 1. The molecule has 0 aliphatic carbocycles. The predicted octanol–water partition coefficient (Wildman–Crippen LogP) is 0.260. The molecule has 0 aromatic carbocycles. The minimum Gasteiger partial charge on any atom is -0.343 e. The fourth-order valence-corrected chi connectivity index (χ4v) is 3.67. The number of rotatable bonds is 2. The number of imidazole rings is 1. The molecule has 2 aliphatic heterocycles. The van der Waals surface area contributed by atoms with Gasteiger partial charge in [0, 0.05) is 24.6 Å². The first kappa shape index (κ1) is 12.4. The molecule has 1 atom stereocenters. The Bertz CT molecular complexity index is 622. The van der Waals surface area contributed by atoms with Crippen molar-refractivity contribution in [2.75, 3.05) is 5.75 Å². The Balaban J connectivity index is 1.71. The standard InChI is InChI=1S/C12H15N3O3S/c16-12(13-9-4-6-19(17,18)8-9)10-7-15-5-2-1-3-11(15)14-10/h4,6-7,9H,1-3,5,8H2,(H,13,16). The Labute approximate surface area is 111 Å². The van der Waals surface area contributed by atoms with E-state index >= 15 is 0 Å². The highest BCUT2D eigenvalue weighted by Crippen LogP contribution is 2.15. The number of aryl methyl sites for hydroxylation is 2. The van der Waals surface area contributed by atoms with Crippen LogP contribution in [0.25, 0.3) is 0 Å². The van der Waals surface area contributed by atoms with Gasteiger partial charge in [0.15, 0.2) is 9.84 Å². The van der Waals surface area contributed by atoms with Crippen molar-refractivity contribution in [1.29, 1.82) is 0 Å². The van der Waals surface area contributed by atoms with E-state index in [4.69, 9.17) is 0 Å². The van der Waals surface area contributed by atoms with E-state index in [0.717, 1.165) is 37.0 Å². The third kappa shape index (κ3) is 2.56. The fraction of sp³-hybridized carbons (Fsp3) is 0.500. The van der Waals surface area contributed by atoms with Crippen LogP contribution in [0.2, 0.25) is 0 Å². The number of sulfone groups is 1. The molecule has 2 aliphatic rings. The van der Waals surface area contributed by atoms with Gasteiger partial charge in [-0.3, -0.25) is 4.79 Å². The lowest BCUT2D eigenvalue weighted by Gasteiger charge is -2.11. The van der Waals surface area contributed by atoms with Crippen LogP contribution in [-0.4, -0.2) is 35.7 Å². The summed E-state index contributed by atoms with van der Waals surface area (Å²) in [6.45, 7) is 0.896. The lowest BCUT2D eigenvalue weighted by molar-refractivity contribution is 0.0943. The van der Waals surface area contributed by atoms with E-state index in [1.807, 2.05) is 4.57 Å². The molecule has 1 aromatic rings. The number of aromatic nitrogens is 2. The molecule has 0 radical (unpaired) electrons. The fourth-order valence-electron chi connectivity index (χ4n) is 2.43. The largest absolute Gasteiger partial charge is 0.343 e. The van der Waals surface area contributed by atoms with Crippen LogP contribution in [0.5, 0.6) is 0 Å². The van der Waals surface area contributed by atoms with E-state index in [1.54, 1.807) is 6.20 Å². The maximum Gasteiger partial charge on any atom is 0.271 e. The van der Waals surface area contributed by atoms with Crippen LogP contribution in [0.1, 0.15) is 29.2 Å². The van der Waals surface area contributed by atoms with E-state index in [2.05, 4.69) is 10.3 Å². The van der Waals surface area contributed by atoms with E-state index in [0.29, 0.717) is 5.69 Å². The molecular formula is C12H15N3O3S. The summed E-state index contributed by atoms with van der Waals surface area (Å²) in [6, 6.07) is -0.448. The number of nitrogens with zero attached hydrogens (tertiary/aromatic N) is 2. The van der Waals surface area contributed by atoms with Crippen LogP contribution in [0.3, 0.4) is 0 Å². The normalized spacial score (nSPS) is 24.1. The van der Waals surface area contributed by atoms with Crippen molar-refractivity contribution < 1.29 is 13.2 Å². The molecule has 19 heavy (non-hydrogen) atoms. The van der Waals surface area contributed by atoms with Crippen LogP contribution in [0.15, 0.2) is 17.7 Å². The van der Waals surface area contributed by atoms with Crippen LogP contribution in [0.4, 0.5) is 0 Å². The molecule has 0 bridgehead atoms. The molecule has 1 amide bonds. The van der Waals surface area contributed by atoms with Crippen LogP contribution in [-0.2, 0) is 22.8 Å². The molecule has 3 rings (SSSR count). The van der Waals surface area contributed by atoms with Gasteiger partial charge in [0.05, 0.1) is 11.8 Å². The van der Waals surface area contributed by atoms with Gasteiger partial charge < -0.3 is 9.88 Å². The molecule has 1 N–H and O–H groups in total. The van der Waals surface area contributed by atoms with E-state index in [-0.39, 0.29) is 11.7 Å². The number of hydrogen-bond acceptors (Lipinski definition) is 4. The average molecular weight is 281 g/mol. The highest BCUT2D eigenvalue weighted by molar-refractivity contribution is 7.94. The van der Waals surface area contributed by atoms with Crippen molar-refractivity contribution in [3.63, 3.8) is 0 Å². The molecule has 3 heterocycles. The van der Waals surface area contributed by atoms with Crippen molar-refractivity contribution in [3.8, 4) is 0 Å². The average Bonchev–Trinajstić information content (AvgIpc) is 2.92. The van der Waals surface area contributed by atoms with Gasteiger partial charge in [-0.1, -0.05) is 0 Å². The maximum atomic E-state index is 12.0. The summed E-state index contributed by atoms with van der Waals surface area (Å²) < 4.78 is 24.5. The Morgan fingerprint density at radius 2 is 2.26 bits per heavy atom. The molecule has 1 unspecified atom stereocenters. The topological polar surface area (TPSA) is 81.1 Å². The molecule has 0 saturated heterocycles. The molecule has 0 saturated carbocycles. The lowest BCUT2D eigenvalue weighted by Crippen LogP contribution is -2.35. The van der Waals surface area contributed by atoms with Crippen LogP contribution in [0, 0.1) is 0 Å². The Morgan fingerprint density at radius 1 is 1.42 bits per heavy atom. The molecule has 0 fully saturated rings. The molecule has 102 valence electrons. The number of amides is 1. The highest BCUT2D eigenvalue weighted by Gasteiger charge is 2.25. The van der Waals surface area contributed by atoms with Crippen molar-refractivity contribution >= 4 is 15.7 Å². The lowest BCUT2D eigenvalue weighted by atomic mass is 10.2. The van der Waals surface area contributed by atoms with E-state index in [9.17, 15) is 13.2 Å². The summed E-state index contributed by atoms with van der Waals surface area (Å²) in [5.74, 6) is 0.561. The highest BCUT2D eigenvalue weighted by atomic mass is 32.2. The molecule has 0 spiro atoms. The van der Waals surface area contributed by atoms with Gasteiger partial charge in [-0.25, -0.2) is 13.4 Å². The second-order valence-corrected chi connectivity index (χ2v) is 6.86. The number of nitrogens with one attached hydrogen (secondary N) is 1. The molecule has 6 nitrogen and oxygen atoms in total. The second-order valence-electron chi connectivity index (χ2n) is 4.93. The Morgan fingerprint density at radius 3 is 2.95 bits per heavy atom. The smallest absolute Gasteiger partial charge is 0.271 e. The van der Waals surface area contributed by atoms with E-state index in [1.165, 1.54) is 6.08 Å². The zero-order valence-electron chi connectivity index (χ0n) is 10.4. The van der Waals surface area contributed by atoms with Gasteiger partial charge in [0.25, 0.3) is 5.91 Å². The monoisotopic (exact) mass is 281 g/mol. The summed E-state index contributed by atoms with van der Waals surface area (Å²) in [7, 11) is -3.15. The molecular weight excluding hydrogens is 266 g/mol. The van der Waals surface area contributed by atoms with Crippen LogP contribution >= 0.6 is 0 Å². The van der Waals surface area contributed by atoms with Crippen molar-refractivity contribution in [1.82, 2.24) is 14.9 Å². The summed E-state index contributed by atoms with van der Waals surface area (Å²) in [5.41, 5.74) is 0.370. The molecule has 1 aromatic heterocycles. The van der Waals surface area contributed by atoms with E-state index < -0.39 is 15.9 Å². The second kappa shape index (κ2) is 4.48. The zero-order valence-corrected chi connectivity index (χ0v) is 11.2. The minimum atomic E-state index is -3.15. The first-order valence-corrected chi connectivity index (χ1v) is 8.03. The predicted molar refractivity (Wildman–Crippen MR) is 69.3 cm³/mol. The number of hydrogen-bond donors (Lipinski definition) is 1. The number of carbonyl (C=O) groups is 1. The third-order valence-corrected chi connectivity index (χ3v) is 4.78. The first-order valence-electron chi connectivity index (χ1n) is 6.31. The van der Waals surface area contributed by atoms with Gasteiger partial charge in [0.2, 0.25) is 0 Å². The zero-order chi connectivity index (χ0) is 13.5. The van der Waals surface area contributed by atoms with Crippen molar-refractivity contribution in [2.45, 2.75) is 31.8 Å². The van der Waals surface area contributed by atoms with Gasteiger partial charge in [-0.15, -0.1) is 0 Å². The minimum absolute atomic E-state index is 0.0632. The van der Waals surface area contributed by atoms with Gasteiger partial charge in [0.1, 0.15) is 11.5 Å². The van der Waals surface area contributed by atoms with Gasteiger partial charge in [-0.2, -0.15) is 0 Å². The summed E-state index contributed by atoms with van der Waals surface area (Å²) in [5, 5.41) is 3.83. The quantitative estimate of drug-likeness (QED) is 0.843. The number of fused-ring (bicyclic) bond motifs is 1. The summed E-state index contributed by atoms with van der Waals surface area (Å²) in [4.78, 5) is 16.3. The van der Waals surface area contributed by atoms with Crippen LogP contribution < -0.4 is 5.32 Å². The summed E-state index contributed by atoms with van der Waals surface area (Å²) >= 11 is 0. The third-order valence-electron chi connectivity index (χ3n) is 3.39. The SMILES string of the molecule is O=C(NC1C=CS(=O)(=O)C1)c1cn2c(n1)CCCC2. The van der Waals surface area contributed by atoms with Crippen molar-refractivity contribution in [3.05, 3.63) is 29.2 Å². The van der Waals surface area contributed by atoms with Gasteiger partial charge >= 0.3 is 0 Å². The Hall–Kier alpha value is -1.63. The summed E-state index contributed by atoms with van der Waals surface area (Å²) in [6.07, 6.45) is 6.35. The molecule has 7 heteroatoms. The first-order chi connectivity index (χ1) is 9.03. The van der Waals surface area contributed by atoms with Gasteiger partial charge in [-0.05, 0) is 18.9 Å². The Kier molecular flexibility index (Phi) is 2.93.